The van der Waals surface area contributed by atoms with E-state index in [-0.39, 0.29) is 58.1 Å². The molecule has 0 aliphatic carbocycles. The van der Waals surface area contributed by atoms with Gasteiger partial charge in [0.1, 0.15) is 0 Å². The van der Waals surface area contributed by atoms with Gasteiger partial charge in [-0.05, 0) is 18.1 Å². The second kappa shape index (κ2) is 11.6. The van der Waals surface area contributed by atoms with E-state index in [0.717, 1.165) is 17.7 Å². The first-order chi connectivity index (χ1) is 7.47. The topological polar surface area (TPSA) is 72.2 Å². The maximum atomic E-state index is 10.6. The number of thiol groups is 2. The summed E-state index contributed by atoms with van der Waals surface area (Å²) in [6.07, 6.45) is 0.907. The summed E-state index contributed by atoms with van der Waals surface area (Å²) in [5.74, 6) is 0. The fourth-order valence-electron chi connectivity index (χ4n) is 1.07. The van der Waals surface area contributed by atoms with Crippen LogP contribution in [0.4, 0.5) is 15.3 Å². The Morgan fingerprint density at radius 3 is 2.24 bits per heavy atom. The van der Waals surface area contributed by atoms with Crippen LogP contribution in [0.2, 0.25) is 0 Å². The van der Waals surface area contributed by atoms with Crippen LogP contribution in [0.1, 0.15) is 13.9 Å². The number of carbonyl (C=O) groups is 2. The minimum Gasteiger partial charge on any atom is -1.00 e. The number of benzene rings is 1. The standard InChI is InChI=1S/C9H11NOS.CH3NOS.K.H/c1-2-7-5-3-4-6-8(7)10-9(11)12;2-1(3)4;;/h3-6H,2H2,1H3,(H2,10,11,12);(H3,2,3,4);;/q;;+1;-1. The summed E-state index contributed by atoms with van der Waals surface area (Å²) in [7, 11) is 0. The predicted octanol–water partition coefficient (Wildman–Crippen LogP) is -0.178. The van der Waals surface area contributed by atoms with Crippen molar-refractivity contribution in [2.75, 3.05) is 5.32 Å². The number of amides is 2. The van der Waals surface area contributed by atoms with Crippen molar-refractivity contribution in [3.63, 3.8) is 0 Å². The fourth-order valence-corrected chi connectivity index (χ4v) is 1.19. The molecule has 0 bridgehead atoms. The summed E-state index contributed by atoms with van der Waals surface area (Å²) >= 11 is 6.75. The normalized spacial score (nSPS) is 8.18. The van der Waals surface area contributed by atoms with Crippen LogP contribution < -0.4 is 62.4 Å². The van der Waals surface area contributed by atoms with Crippen molar-refractivity contribution < 1.29 is 62.4 Å². The number of nitrogens with one attached hydrogen (secondary N) is 1. The maximum absolute atomic E-state index is 10.6. The zero-order valence-electron chi connectivity index (χ0n) is 10.8. The third kappa shape index (κ3) is 11.3. The Labute approximate surface area is 156 Å². The van der Waals surface area contributed by atoms with E-state index >= 15 is 0 Å². The summed E-state index contributed by atoms with van der Waals surface area (Å²) in [5, 5.41) is 1.69. The van der Waals surface area contributed by atoms with Crippen LogP contribution in [-0.2, 0) is 6.42 Å². The first-order valence-corrected chi connectivity index (χ1v) is 5.43. The number of primary amides is 1. The third-order valence-electron chi connectivity index (χ3n) is 1.64. The summed E-state index contributed by atoms with van der Waals surface area (Å²) in [6.45, 7) is 2.05. The molecular weight excluding hydrogens is 283 g/mol. The first-order valence-electron chi connectivity index (χ1n) is 4.53. The molecule has 0 aromatic heterocycles. The fraction of sp³-hybridized carbons (Fsp3) is 0.200. The summed E-state index contributed by atoms with van der Waals surface area (Å²) in [5.41, 5.74) is 6.31. The van der Waals surface area contributed by atoms with Gasteiger partial charge in [0.2, 0.25) is 0 Å². The molecule has 90 valence electrons. The van der Waals surface area contributed by atoms with Gasteiger partial charge < -0.3 is 12.5 Å². The maximum Gasteiger partial charge on any atom is 1.00 e. The molecule has 2 amide bonds. The predicted molar refractivity (Wildman–Crippen MR) is 73.5 cm³/mol. The summed E-state index contributed by atoms with van der Waals surface area (Å²) in [4.78, 5) is 19.7. The largest absolute Gasteiger partial charge is 1.00 e. The molecule has 0 heterocycles. The van der Waals surface area contributed by atoms with Gasteiger partial charge in [-0.2, -0.15) is 0 Å². The Hall–Kier alpha value is 0.496. The zero-order valence-corrected chi connectivity index (χ0v) is 14.7. The SMILES string of the molecule is CCc1ccccc1NC(=O)S.NC(=O)S.[H-].[K+]. The van der Waals surface area contributed by atoms with Crippen LogP contribution in [0, 0.1) is 0 Å². The molecule has 0 saturated heterocycles. The number of rotatable bonds is 2. The van der Waals surface area contributed by atoms with E-state index in [4.69, 9.17) is 4.79 Å². The molecule has 0 spiro atoms. The first kappa shape index (κ1) is 19.8. The molecule has 7 heteroatoms. The molecule has 17 heavy (non-hydrogen) atoms. The zero-order chi connectivity index (χ0) is 12.6. The van der Waals surface area contributed by atoms with Crippen LogP contribution in [0.15, 0.2) is 24.3 Å². The number of carbonyl (C=O) groups excluding carboxylic acids is 2. The molecular formula is C10H15KN2O2S2. The van der Waals surface area contributed by atoms with Gasteiger partial charge in [0, 0.05) is 5.69 Å². The van der Waals surface area contributed by atoms with Crippen molar-refractivity contribution >= 4 is 41.4 Å². The Morgan fingerprint density at radius 2 is 1.82 bits per heavy atom. The Balaban J connectivity index is -0.000000332. The molecule has 1 aromatic rings. The van der Waals surface area contributed by atoms with Gasteiger partial charge in [0.05, 0.1) is 0 Å². The second-order valence-electron chi connectivity index (χ2n) is 2.78. The van der Waals surface area contributed by atoms with E-state index in [1.54, 1.807) is 0 Å². The van der Waals surface area contributed by atoms with Crippen LogP contribution in [-0.4, -0.2) is 10.5 Å². The molecule has 0 radical (unpaired) electrons. The van der Waals surface area contributed by atoms with Gasteiger partial charge in [-0.1, -0.05) is 50.4 Å². The molecule has 0 atom stereocenters. The van der Waals surface area contributed by atoms with E-state index in [1.165, 1.54) is 0 Å². The van der Waals surface area contributed by atoms with Crippen LogP contribution in [0.25, 0.3) is 0 Å². The molecule has 4 nitrogen and oxygen atoms in total. The molecule has 0 unspecified atom stereocenters. The molecule has 0 saturated carbocycles. The van der Waals surface area contributed by atoms with Crippen molar-refractivity contribution in [2.24, 2.45) is 5.73 Å². The molecule has 3 N–H and O–H groups in total. The Bertz CT molecular complexity index is 377. The van der Waals surface area contributed by atoms with Gasteiger partial charge in [-0.25, -0.2) is 0 Å². The Morgan fingerprint density at radius 1 is 1.35 bits per heavy atom. The monoisotopic (exact) mass is 298 g/mol. The number of anilines is 1. The Kier molecular flexibility index (Phi) is 13.5. The molecule has 0 aliphatic heterocycles. The van der Waals surface area contributed by atoms with Gasteiger partial charge in [0.25, 0.3) is 10.5 Å². The van der Waals surface area contributed by atoms with Crippen LogP contribution in [0.5, 0.6) is 0 Å². The second-order valence-corrected chi connectivity index (χ2v) is 3.63. The van der Waals surface area contributed by atoms with Crippen molar-refractivity contribution in [3.05, 3.63) is 29.8 Å². The minimum absolute atomic E-state index is 0. The van der Waals surface area contributed by atoms with Crippen LogP contribution in [0.3, 0.4) is 0 Å². The van der Waals surface area contributed by atoms with Crippen molar-refractivity contribution in [3.8, 4) is 0 Å². The third-order valence-corrected chi connectivity index (χ3v) is 1.75. The van der Waals surface area contributed by atoms with Gasteiger partial charge in [-0.15, -0.1) is 0 Å². The molecule has 1 aromatic carbocycles. The number of nitrogens with two attached hydrogens (primary N) is 1. The number of para-hydroxylation sites is 1. The number of hydrogen-bond donors (Lipinski definition) is 4. The van der Waals surface area contributed by atoms with E-state index < -0.39 is 5.24 Å². The van der Waals surface area contributed by atoms with E-state index in [0.29, 0.717) is 0 Å². The average molecular weight is 298 g/mol. The van der Waals surface area contributed by atoms with Crippen molar-refractivity contribution in [1.29, 1.82) is 0 Å². The van der Waals surface area contributed by atoms with E-state index in [2.05, 4.69) is 36.3 Å². The summed E-state index contributed by atoms with van der Waals surface area (Å²) in [6, 6.07) is 7.69. The van der Waals surface area contributed by atoms with Gasteiger partial charge in [-0.3, -0.25) is 9.59 Å². The molecule has 0 fully saturated rings. The van der Waals surface area contributed by atoms with Crippen LogP contribution >= 0.6 is 25.3 Å². The number of hydrogen-bond acceptors (Lipinski definition) is 2. The van der Waals surface area contributed by atoms with E-state index in [9.17, 15) is 4.79 Å². The average Bonchev–Trinajstić information content (AvgIpc) is 2.17. The number of aryl methyl sites for hydroxylation is 1. The van der Waals surface area contributed by atoms with Crippen molar-refractivity contribution in [2.45, 2.75) is 13.3 Å². The van der Waals surface area contributed by atoms with Gasteiger partial charge >= 0.3 is 51.4 Å². The smallest absolute Gasteiger partial charge is 1.00 e. The molecule has 0 aliphatic rings. The van der Waals surface area contributed by atoms with Crippen molar-refractivity contribution in [1.82, 2.24) is 0 Å². The minimum atomic E-state index is -0.639. The van der Waals surface area contributed by atoms with Gasteiger partial charge in [0.15, 0.2) is 0 Å². The van der Waals surface area contributed by atoms with E-state index in [1.807, 2.05) is 31.2 Å². The quantitative estimate of drug-likeness (QED) is 0.452. The summed E-state index contributed by atoms with van der Waals surface area (Å²) < 4.78 is 0. The molecule has 1 rings (SSSR count).